The summed E-state index contributed by atoms with van der Waals surface area (Å²) in [5.74, 6) is 0. The zero-order chi connectivity index (χ0) is 10.7. The molecular formula is C11H14BrNOS. The highest BCUT2D eigenvalue weighted by Gasteiger charge is 2.16. The molecule has 0 spiro atoms. The number of nitrogens with zero attached hydrogens (tertiary/aromatic N) is 1. The summed E-state index contributed by atoms with van der Waals surface area (Å²) in [6.45, 7) is 3.90. The minimum atomic E-state index is 0.672. The van der Waals surface area contributed by atoms with Crippen LogP contribution in [-0.4, -0.2) is 23.4 Å². The van der Waals surface area contributed by atoms with Crippen molar-refractivity contribution in [2.24, 2.45) is 0 Å². The van der Waals surface area contributed by atoms with Gasteiger partial charge in [0.25, 0.3) is 0 Å². The van der Waals surface area contributed by atoms with Gasteiger partial charge in [0.1, 0.15) is 0 Å². The lowest BCUT2D eigenvalue weighted by Crippen LogP contribution is -2.17. The Bertz CT molecular complexity index is 339. The largest absolute Gasteiger partial charge is 0.381 e. The standard InChI is InChI=1S/C11H14BrNOS/c1-8-6-9(12)7-13-11(8)15-10-2-4-14-5-3-10/h6-7,10H,2-5H2,1H3. The number of hydrogen-bond acceptors (Lipinski definition) is 3. The maximum Gasteiger partial charge on any atom is 0.0992 e. The summed E-state index contributed by atoms with van der Waals surface area (Å²) in [5, 5.41) is 1.83. The molecule has 15 heavy (non-hydrogen) atoms. The lowest BCUT2D eigenvalue weighted by molar-refractivity contribution is 0.1000. The van der Waals surface area contributed by atoms with E-state index in [9.17, 15) is 0 Å². The van der Waals surface area contributed by atoms with Gasteiger partial charge in [-0.3, -0.25) is 0 Å². The predicted molar refractivity (Wildman–Crippen MR) is 66.4 cm³/mol. The van der Waals surface area contributed by atoms with Gasteiger partial charge in [0.05, 0.1) is 5.03 Å². The molecule has 4 heteroatoms. The minimum absolute atomic E-state index is 0.672. The van der Waals surface area contributed by atoms with Crippen molar-refractivity contribution in [3.63, 3.8) is 0 Å². The molecule has 0 N–H and O–H groups in total. The number of aryl methyl sites for hydroxylation is 1. The summed E-state index contributed by atoms with van der Waals surface area (Å²) in [7, 11) is 0. The van der Waals surface area contributed by atoms with E-state index in [0.29, 0.717) is 5.25 Å². The SMILES string of the molecule is Cc1cc(Br)cnc1SC1CCOCC1. The highest BCUT2D eigenvalue weighted by molar-refractivity contribution is 9.10. The van der Waals surface area contributed by atoms with E-state index in [1.807, 2.05) is 18.0 Å². The first kappa shape index (κ1) is 11.4. The summed E-state index contributed by atoms with van der Waals surface area (Å²) < 4.78 is 6.40. The normalized spacial score (nSPS) is 18.0. The Hall–Kier alpha value is -0.0600. The van der Waals surface area contributed by atoms with Crippen molar-refractivity contribution < 1.29 is 4.74 Å². The van der Waals surface area contributed by atoms with Crippen molar-refractivity contribution in [1.82, 2.24) is 4.98 Å². The van der Waals surface area contributed by atoms with Crippen LogP contribution in [0.3, 0.4) is 0 Å². The zero-order valence-electron chi connectivity index (χ0n) is 8.70. The number of ether oxygens (including phenoxy) is 1. The lowest BCUT2D eigenvalue weighted by Gasteiger charge is -2.21. The summed E-state index contributed by atoms with van der Waals surface area (Å²) in [4.78, 5) is 4.45. The molecular weight excluding hydrogens is 274 g/mol. The van der Waals surface area contributed by atoms with Gasteiger partial charge < -0.3 is 4.74 Å². The molecule has 0 saturated carbocycles. The monoisotopic (exact) mass is 287 g/mol. The van der Waals surface area contributed by atoms with Crippen molar-refractivity contribution in [3.8, 4) is 0 Å². The maximum atomic E-state index is 5.35. The van der Waals surface area contributed by atoms with Gasteiger partial charge in [0.2, 0.25) is 0 Å². The smallest absolute Gasteiger partial charge is 0.0992 e. The van der Waals surface area contributed by atoms with Crippen LogP contribution in [0.15, 0.2) is 21.8 Å². The number of pyridine rings is 1. The van der Waals surface area contributed by atoms with Crippen LogP contribution in [0.2, 0.25) is 0 Å². The fourth-order valence-corrected chi connectivity index (χ4v) is 3.15. The zero-order valence-corrected chi connectivity index (χ0v) is 11.1. The van der Waals surface area contributed by atoms with Crippen LogP contribution in [0.1, 0.15) is 18.4 Å². The molecule has 0 bridgehead atoms. The molecule has 0 atom stereocenters. The predicted octanol–water partition coefficient (Wildman–Crippen LogP) is 3.42. The lowest BCUT2D eigenvalue weighted by atomic mass is 10.2. The fraction of sp³-hybridized carbons (Fsp3) is 0.545. The van der Waals surface area contributed by atoms with E-state index >= 15 is 0 Å². The number of thioether (sulfide) groups is 1. The van der Waals surface area contributed by atoms with E-state index in [1.54, 1.807) is 0 Å². The van der Waals surface area contributed by atoms with Gasteiger partial charge in [-0.15, -0.1) is 11.8 Å². The summed E-state index contributed by atoms with van der Waals surface area (Å²) in [6.07, 6.45) is 4.15. The molecule has 0 amide bonds. The molecule has 1 aromatic heterocycles. The van der Waals surface area contributed by atoms with Gasteiger partial charge in [-0.2, -0.15) is 0 Å². The first-order valence-electron chi connectivity index (χ1n) is 5.12. The molecule has 2 nitrogen and oxygen atoms in total. The van der Waals surface area contributed by atoms with Crippen LogP contribution in [0.5, 0.6) is 0 Å². The molecule has 1 aliphatic rings. The number of aromatic nitrogens is 1. The summed E-state index contributed by atoms with van der Waals surface area (Å²) in [5.41, 5.74) is 1.25. The molecule has 2 rings (SSSR count). The van der Waals surface area contributed by atoms with Crippen LogP contribution in [0.4, 0.5) is 0 Å². The molecule has 0 aliphatic carbocycles. The van der Waals surface area contributed by atoms with Crippen molar-refractivity contribution >= 4 is 27.7 Å². The van der Waals surface area contributed by atoms with Gasteiger partial charge in [0, 0.05) is 29.1 Å². The molecule has 1 fully saturated rings. The van der Waals surface area contributed by atoms with Crippen molar-refractivity contribution in [1.29, 1.82) is 0 Å². The van der Waals surface area contributed by atoms with Gasteiger partial charge in [-0.05, 0) is 47.3 Å². The molecule has 1 aromatic rings. The van der Waals surface area contributed by atoms with Crippen LogP contribution in [0.25, 0.3) is 0 Å². The Morgan fingerprint density at radius 1 is 1.47 bits per heavy atom. The Kier molecular flexibility index (Phi) is 4.05. The van der Waals surface area contributed by atoms with Crippen molar-refractivity contribution in [3.05, 3.63) is 22.3 Å². The molecule has 82 valence electrons. The van der Waals surface area contributed by atoms with E-state index in [4.69, 9.17) is 4.74 Å². The quantitative estimate of drug-likeness (QED) is 0.832. The molecule has 1 aliphatic heterocycles. The van der Waals surface area contributed by atoms with Crippen LogP contribution < -0.4 is 0 Å². The molecule has 0 aromatic carbocycles. The Labute approximate surface area is 103 Å². The second kappa shape index (κ2) is 5.32. The van der Waals surface area contributed by atoms with Gasteiger partial charge >= 0.3 is 0 Å². The highest BCUT2D eigenvalue weighted by Crippen LogP contribution is 2.31. The molecule has 0 unspecified atom stereocenters. The second-order valence-corrected chi connectivity index (χ2v) is 5.91. The van der Waals surface area contributed by atoms with E-state index in [0.717, 1.165) is 35.6 Å². The topological polar surface area (TPSA) is 22.1 Å². The molecule has 0 radical (unpaired) electrons. The Morgan fingerprint density at radius 3 is 2.87 bits per heavy atom. The number of halogens is 1. The van der Waals surface area contributed by atoms with Crippen molar-refractivity contribution in [2.75, 3.05) is 13.2 Å². The highest BCUT2D eigenvalue weighted by atomic mass is 79.9. The van der Waals surface area contributed by atoms with Gasteiger partial charge in [-0.1, -0.05) is 0 Å². The number of hydrogen-bond donors (Lipinski definition) is 0. The Morgan fingerprint density at radius 2 is 2.20 bits per heavy atom. The first-order chi connectivity index (χ1) is 7.25. The van der Waals surface area contributed by atoms with E-state index < -0.39 is 0 Å². The van der Waals surface area contributed by atoms with Gasteiger partial charge in [0.15, 0.2) is 0 Å². The number of rotatable bonds is 2. The van der Waals surface area contributed by atoms with Crippen LogP contribution >= 0.6 is 27.7 Å². The third-order valence-corrected chi connectivity index (χ3v) is 4.33. The maximum absolute atomic E-state index is 5.35. The first-order valence-corrected chi connectivity index (χ1v) is 6.79. The van der Waals surface area contributed by atoms with Gasteiger partial charge in [-0.25, -0.2) is 4.98 Å². The third-order valence-electron chi connectivity index (χ3n) is 2.44. The van der Waals surface area contributed by atoms with E-state index in [-0.39, 0.29) is 0 Å². The Balaban J connectivity index is 2.03. The van der Waals surface area contributed by atoms with Crippen molar-refractivity contribution in [2.45, 2.75) is 30.0 Å². The second-order valence-electron chi connectivity index (χ2n) is 3.71. The van der Waals surface area contributed by atoms with E-state index in [2.05, 4.69) is 33.9 Å². The minimum Gasteiger partial charge on any atom is -0.381 e. The van der Waals surface area contributed by atoms with Crippen LogP contribution in [-0.2, 0) is 4.74 Å². The average Bonchev–Trinajstić information content (AvgIpc) is 2.24. The van der Waals surface area contributed by atoms with Crippen LogP contribution in [0, 0.1) is 6.92 Å². The fourth-order valence-electron chi connectivity index (χ4n) is 1.60. The molecule has 2 heterocycles. The average molecular weight is 288 g/mol. The van der Waals surface area contributed by atoms with E-state index in [1.165, 1.54) is 5.56 Å². The summed E-state index contributed by atoms with van der Waals surface area (Å²) >= 11 is 5.32. The third kappa shape index (κ3) is 3.20. The molecule has 1 saturated heterocycles. The summed E-state index contributed by atoms with van der Waals surface area (Å²) in [6, 6.07) is 2.12.